The molecule has 138 valence electrons. The molecule has 0 spiro atoms. The molecule has 0 bridgehead atoms. The van der Waals surface area contributed by atoms with Gasteiger partial charge in [0.05, 0.1) is 18.3 Å². The summed E-state index contributed by atoms with van der Waals surface area (Å²) in [5, 5.41) is 3.00. The zero-order chi connectivity index (χ0) is 18.5. The van der Waals surface area contributed by atoms with Crippen molar-refractivity contribution in [1.82, 2.24) is 20.2 Å². The highest BCUT2D eigenvalue weighted by atomic mass is 16.5. The lowest BCUT2D eigenvalue weighted by Gasteiger charge is -2.21. The SMILES string of the molecule is COCc1cccc(C(=O)NCc2cnc(C)nc2[C@@H]2CCCN2C)c1. The quantitative estimate of drug-likeness (QED) is 0.864. The van der Waals surface area contributed by atoms with Crippen molar-refractivity contribution in [2.45, 2.75) is 39.0 Å². The smallest absolute Gasteiger partial charge is 0.251 e. The first-order valence-corrected chi connectivity index (χ1v) is 8.97. The molecule has 1 fully saturated rings. The predicted octanol–water partition coefficient (Wildman–Crippen LogP) is 2.63. The molecule has 1 saturated heterocycles. The number of ether oxygens (including phenoxy) is 1. The Kier molecular flexibility index (Phi) is 5.96. The van der Waals surface area contributed by atoms with Crippen molar-refractivity contribution in [3.05, 3.63) is 58.7 Å². The van der Waals surface area contributed by atoms with E-state index in [2.05, 4.69) is 27.2 Å². The summed E-state index contributed by atoms with van der Waals surface area (Å²) in [6.07, 6.45) is 4.10. The van der Waals surface area contributed by atoms with Gasteiger partial charge in [-0.05, 0) is 51.1 Å². The maximum absolute atomic E-state index is 12.5. The monoisotopic (exact) mass is 354 g/mol. The molecule has 1 N–H and O–H groups in total. The van der Waals surface area contributed by atoms with E-state index in [9.17, 15) is 4.79 Å². The number of aromatic nitrogens is 2. The van der Waals surface area contributed by atoms with Crippen molar-refractivity contribution in [3.8, 4) is 0 Å². The van der Waals surface area contributed by atoms with Gasteiger partial charge in [0.25, 0.3) is 5.91 Å². The van der Waals surface area contributed by atoms with Crippen molar-refractivity contribution < 1.29 is 9.53 Å². The van der Waals surface area contributed by atoms with Crippen molar-refractivity contribution in [3.63, 3.8) is 0 Å². The summed E-state index contributed by atoms with van der Waals surface area (Å²) in [6, 6.07) is 7.79. The van der Waals surface area contributed by atoms with Gasteiger partial charge in [-0.25, -0.2) is 9.97 Å². The second kappa shape index (κ2) is 8.38. The van der Waals surface area contributed by atoms with Gasteiger partial charge in [-0.1, -0.05) is 12.1 Å². The second-order valence-corrected chi connectivity index (χ2v) is 6.78. The van der Waals surface area contributed by atoms with E-state index in [1.807, 2.05) is 37.4 Å². The number of carbonyl (C=O) groups excluding carboxylic acids is 1. The number of hydrogen-bond acceptors (Lipinski definition) is 5. The maximum atomic E-state index is 12.5. The summed E-state index contributed by atoms with van der Waals surface area (Å²) in [5.41, 5.74) is 3.63. The Morgan fingerprint density at radius 2 is 2.27 bits per heavy atom. The van der Waals surface area contributed by atoms with Gasteiger partial charge in [-0.3, -0.25) is 9.69 Å². The van der Waals surface area contributed by atoms with Crippen LogP contribution in [0.5, 0.6) is 0 Å². The van der Waals surface area contributed by atoms with E-state index in [0.717, 1.165) is 35.6 Å². The summed E-state index contributed by atoms with van der Waals surface area (Å²) in [4.78, 5) is 23.9. The molecule has 1 aliphatic heterocycles. The van der Waals surface area contributed by atoms with Crippen LogP contribution in [-0.2, 0) is 17.9 Å². The minimum absolute atomic E-state index is 0.103. The summed E-state index contributed by atoms with van der Waals surface area (Å²) in [5.74, 6) is 0.664. The first kappa shape index (κ1) is 18.5. The Hall–Kier alpha value is -2.31. The lowest BCUT2D eigenvalue weighted by Crippen LogP contribution is -2.26. The van der Waals surface area contributed by atoms with Gasteiger partial charge in [0.1, 0.15) is 5.82 Å². The normalized spacial score (nSPS) is 17.4. The van der Waals surface area contributed by atoms with Gasteiger partial charge in [0.2, 0.25) is 0 Å². The Labute approximate surface area is 154 Å². The Balaban J connectivity index is 1.73. The molecule has 0 radical (unpaired) electrons. The average molecular weight is 354 g/mol. The number of amides is 1. The van der Waals surface area contributed by atoms with Gasteiger partial charge in [0.15, 0.2) is 0 Å². The molecule has 0 unspecified atom stereocenters. The van der Waals surface area contributed by atoms with Gasteiger partial charge in [0, 0.05) is 31.0 Å². The minimum atomic E-state index is -0.103. The molecule has 1 aromatic carbocycles. The number of hydrogen-bond donors (Lipinski definition) is 1. The average Bonchev–Trinajstić information content (AvgIpc) is 3.06. The Bertz CT molecular complexity index is 778. The van der Waals surface area contributed by atoms with E-state index in [0.29, 0.717) is 24.8 Å². The summed E-state index contributed by atoms with van der Waals surface area (Å²) in [6.45, 7) is 3.90. The molecule has 1 amide bonds. The number of rotatable bonds is 6. The lowest BCUT2D eigenvalue weighted by molar-refractivity contribution is 0.0950. The van der Waals surface area contributed by atoms with E-state index in [-0.39, 0.29) is 5.91 Å². The molecule has 6 heteroatoms. The molecule has 0 saturated carbocycles. The first-order chi connectivity index (χ1) is 12.6. The highest BCUT2D eigenvalue weighted by Crippen LogP contribution is 2.31. The van der Waals surface area contributed by atoms with Gasteiger partial charge in [-0.15, -0.1) is 0 Å². The molecule has 2 heterocycles. The molecular formula is C20H26N4O2. The molecule has 2 aromatic rings. The molecule has 1 aromatic heterocycles. The molecule has 26 heavy (non-hydrogen) atoms. The van der Waals surface area contributed by atoms with E-state index >= 15 is 0 Å². The van der Waals surface area contributed by atoms with Crippen molar-refractivity contribution >= 4 is 5.91 Å². The number of likely N-dealkylation sites (tertiary alicyclic amines) is 1. The molecule has 1 atom stereocenters. The lowest BCUT2D eigenvalue weighted by atomic mass is 10.1. The van der Waals surface area contributed by atoms with Crippen LogP contribution < -0.4 is 5.32 Å². The Morgan fingerprint density at radius 3 is 3.00 bits per heavy atom. The van der Waals surface area contributed by atoms with Crippen LogP contribution >= 0.6 is 0 Å². The van der Waals surface area contributed by atoms with Crippen LogP contribution in [0.2, 0.25) is 0 Å². The largest absolute Gasteiger partial charge is 0.380 e. The number of nitrogens with zero attached hydrogens (tertiary/aromatic N) is 3. The third-order valence-corrected chi connectivity index (χ3v) is 4.79. The predicted molar refractivity (Wildman–Crippen MR) is 99.7 cm³/mol. The third kappa shape index (κ3) is 4.26. The number of aryl methyl sites for hydroxylation is 1. The second-order valence-electron chi connectivity index (χ2n) is 6.78. The van der Waals surface area contributed by atoms with Gasteiger partial charge >= 0.3 is 0 Å². The molecule has 6 nitrogen and oxygen atoms in total. The van der Waals surface area contributed by atoms with Crippen molar-refractivity contribution in [1.29, 1.82) is 0 Å². The Morgan fingerprint density at radius 1 is 1.42 bits per heavy atom. The highest BCUT2D eigenvalue weighted by molar-refractivity contribution is 5.94. The fourth-order valence-corrected chi connectivity index (χ4v) is 3.44. The fourth-order valence-electron chi connectivity index (χ4n) is 3.44. The van der Waals surface area contributed by atoms with E-state index < -0.39 is 0 Å². The molecular weight excluding hydrogens is 328 g/mol. The number of methoxy groups -OCH3 is 1. The fraction of sp³-hybridized carbons (Fsp3) is 0.450. The van der Waals surface area contributed by atoms with E-state index in [1.165, 1.54) is 6.42 Å². The van der Waals surface area contributed by atoms with Crippen LogP contribution in [-0.4, -0.2) is 41.5 Å². The number of carbonyl (C=O) groups is 1. The van der Waals surface area contributed by atoms with E-state index in [1.54, 1.807) is 7.11 Å². The minimum Gasteiger partial charge on any atom is -0.380 e. The zero-order valence-corrected chi connectivity index (χ0v) is 15.7. The highest BCUT2D eigenvalue weighted by Gasteiger charge is 2.26. The van der Waals surface area contributed by atoms with Crippen LogP contribution in [0.1, 0.15) is 51.9 Å². The van der Waals surface area contributed by atoms with E-state index in [4.69, 9.17) is 4.74 Å². The summed E-state index contributed by atoms with van der Waals surface area (Å²) in [7, 11) is 3.77. The standard InChI is InChI=1S/C20H26N4O2/c1-14-21-11-17(19(23-14)18-8-5-9-24(18)2)12-22-20(25)16-7-4-6-15(10-16)13-26-3/h4,6-7,10-11,18H,5,8-9,12-13H2,1-3H3,(H,22,25)/t18-/m0/s1. The van der Waals surface area contributed by atoms with Crippen LogP contribution in [0.25, 0.3) is 0 Å². The topological polar surface area (TPSA) is 67.3 Å². The van der Waals surface area contributed by atoms with Crippen LogP contribution in [0.4, 0.5) is 0 Å². The van der Waals surface area contributed by atoms with Gasteiger partial charge < -0.3 is 10.1 Å². The van der Waals surface area contributed by atoms with Crippen LogP contribution in [0, 0.1) is 6.92 Å². The maximum Gasteiger partial charge on any atom is 0.251 e. The van der Waals surface area contributed by atoms with Crippen molar-refractivity contribution in [2.24, 2.45) is 0 Å². The first-order valence-electron chi connectivity index (χ1n) is 8.97. The van der Waals surface area contributed by atoms with Crippen LogP contribution in [0.3, 0.4) is 0 Å². The third-order valence-electron chi connectivity index (χ3n) is 4.79. The molecule has 1 aliphatic rings. The van der Waals surface area contributed by atoms with Crippen molar-refractivity contribution in [2.75, 3.05) is 20.7 Å². The number of benzene rings is 1. The molecule has 0 aliphatic carbocycles. The summed E-state index contributed by atoms with van der Waals surface area (Å²) < 4.78 is 5.13. The van der Waals surface area contributed by atoms with Crippen LogP contribution in [0.15, 0.2) is 30.5 Å². The molecule has 3 rings (SSSR count). The summed E-state index contributed by atoms with van der Waals surface area (Å²) >= 11 is 0. The number of nitrogens with one attached hydrogen (secondary N) is 1. The van der Waals surface area contributed by atoms with Gasteiger partial charge in [-0.2, -0.15) is 0 Å². The zero-order valence-electron chi connectivity index (χ0n) is 15.7.